The van der Waals surface area contributed by atoms with Crippen LogP contribution < -0.4 is 27.4 Å². The number of hydrogen-bond donors (Lipinski definition) is 8. The Hall–Kier alpha value is -3.36. The van der Waals surface area contributed by atoms with Gasteiger partial charge in [-0.1, -0.05) is 12.1 Å². The number of thioether (sulfide) groups is 1. The molecule has 14 heteroatoms. The number of aliphatic hydroxyl groups is 1. The molecule has 1 aromatic rings. The number of aliphatic carboxylic acids is 1. The van der Waals surface area contributed by atoms with E-state index in [-0.39, 0.29) is 25.0 Å². The Morgan fingerprint density at radius 2 is 1.54 bits per heavy atom. The van der Waals surface area contributed by atoms with E-state index in [2.05, 4.69) is 16.0 Å². The van der Waals surface area contributed by atoms with Crippen molar-refractivity contribution < 1.29 is 39.3 Å². The van der Waals surface area contributed by atoms with Crippen LogP contribution in [0.4, 0.5) is 0 Å². The monoisotopic (exact) mass is 541 g/mol. The van der Waals surface area contributed by atoms with Crippen molar-refractivity contribution in [1.82, 2.24) is 16.0 Å². The third-order valence-corrected chi connectivity index (χ3v) is 5.98. The topological polar surface area (TPSA) is 234 Å². The highest BCUT2D eigenvalue weighted by molar-refractivity contribution is 7.98. The molecule has 0 fully saturated rings. The summed E-state index contributed by atoms with van der Waals surface area (Å²) in [4.78, 5) is 61.3. The van der Waals surface area contributed by atoms with Crippen LogP contribution >= 0.6 is 11.8 Å². The molecule has 0 heterocycles. The number of nitrogens with one attached hydrogen (secondary N) is 3. The molecule has 37 heavy (non-hydrogen) atoms. The molecule has 1 rings (SSSR count). The Balaban J connectivity index is 3.00. The van der Waals surface area contributed by atoms with Gasteiger partial charge < -0.3 is 42.7 Å². The lowest BCUT2D eigenvalue weighted by molar-refractivity contribution is -0.142. The molecule has 0 radical (unpaired) electrons. The molecule has 5 atom stereocenters. The van der Waals surface area contributed by atoms with Crippen molar-refractivity contribution in [2.75, 3.05) is 12.0 Å². The fourth-order valence-electron chi connectivity index (χ4n) is 3.20. The summed E-state index contributed by atoms with van der Waals surface area (Å²) in [6.45, 7) is 1.26. The number of nitrogens with two attached hydrogens (primary N) is 2. The number of benzene rings is 1. The van der Waals surface area contributed by atoms with E-state index < -0.39 is 59.9 Å². The smallest absolute Gasteiger partial charge is 0.326 e. The molecular formula is C23H35N5O8S. The van der Waals surface area contributed by atoms with Crippen LogP contribution in [-0.4, -0.2) is 87.2 Å². The maximum Gasteiger partial charge on any atom is 0.326 e. The molecule has 0 aliphatic heterocycles. The second kappa shape index (κ2) is 15.7. The van der Waals surface area contributed by atoms with Gasteiger partial charge in [0.05, 0.1) is 12.1 Å². The van der Waals surface area contributed by atoms with Gasteiger partial charge in [0.15, 0.2) is 0 Å². The van der Waals surface area contributed by atoms with Gasteiger partial charge in [0.2, 0.25) is 23.6 Å². The average Bonchev–Trinajstić information content (AvgIpc) is 2.83. The summed E-state index contributed by atoms with van der Waals surface area (Å²) >= 11 is 1.48. The first kappa shape index (κ1) is 31.7. The fourth-order valence-corrected chi connectivity index (χ4v) is 3.69. The number of hydrogen-bond acceptors (Lipinski definition) is 9. The standard InChI is InChI=1S/C23H35N5O8S/c1-12(29)19(28-20(32)15(24)9-10-37-2)22(34)26-16(7-8-18(25)31)21(33)27-17(23(35)36)11-13-3-5-14(30)6-4-13/h3-6,12,15-17,19,29-30H,7-11,24H2,1-2H3,(H2,25,31)(H,26,34)(H,27,33)(H,28,32)(H,35,36). The average molecular weight is 542 g/mol. The highest BCUT2D eigenvalue weighted by Crippen LogP contribution is 2.12. The summed E-state index contributed by atoms with van der Waals surface area (Å²) in [7, 11) is 0. The van der Waals surface area contributed by atoms with Crippen molar-refractivity contribution in [2.24, 2.45) is 11.5 Å². The van der Waals surface area contributed by atoms with Crippen molar-refractivity contribution in [2.45, 2.75) is 62.9 Å². The Kier molecular flexibility index (Phi) is 13.4. The molecule has 0 aromatic heterocycles. The minimum absolute atomic E-state index is 0.0149. The van der Waals surface area contributed by atoms with Gasteiger partial charge in [0, 0.05) is 12.8 Å². The molecule has 0 saturated heterocycles. The van der Waals surface area contributed by atoms with Crippen LogP contribution in [0.1, 0.15) is 31.7 Å². The van der Waals surface area contributed by atoms with Crippen molar-refractivity contribution in [3.05, 3.63) is 29.8 Å². The van der Waals surface area contributed by atoms with Gasteiger partial charge in [0.25, 0.3) is 0 Å². The molecular weight excluding hydrogens is 506 g/mol. The number of rotatable bonds is 16. The minimum atomic E-state index is -1.47. The Bertz CT molecular complexity index is 944. The highest BCUT2D eigenvalue weighted by atomic mass is 32.2. The van der Waals surface area contributed by atoms with E-state index in [0.717, 1.165) is 0 Å². The van der Waals surface area contributed by atoms with Gasteiger partial charge in [-0.15, -0.1) is 0 Å². The number of carboxylic acid groups (broad SMARTS) is 1. The summed E-state index contributed by atoms with van der Waals surface area (Å²) in [5, 5.41) is 36.1. The first-order valence-corrected chi connectivity index (χ1v) is 12.9. The number of carboxylic acids is 1. The molecule has 0 spiro atoms. The third-order valence-electron chi connectivity index (χ3n) is 5.34. The van der Waals surface area contributed by atoms with Gasteiger partial charge in [-0.3, -0.25) is 19.2 Å². The second-order valence-corrected chi connectivity index (χ2v) is 9.44. The number of phenolic OH excluding ortho intramolecular Hbond substituents is 1. The zero-order chi connectivity index (χ0) is 28.1. The summed E-state index contributed by atoms with van der Waals surface area (Å²) < 4.78 is 0. The lowest BCUT2D eigenvalue weighted by atomic mass is 10.0. The molecule has 5 unspecified atom stereocenters. The van der Waals surface area contributed by atoms with Gasteiger partial charge >= 0.3 is 5.97 Å². The minimum Gasteiger partial charge on any atom is -0.508 e. The van der Waals surface area contributed by atoms with Crippen LogP contribution in [0, 0.1) is 0 Å². The summed E-state index contributed by atoms with van der Waals surface area (Å²) in [6.07, 6.45) is 0.123. The number of carbonyl (C=O) groups excluding carboxylic acids is 4. The van der Waals surface area contributed by atoms with Crippen LogP contribution in [0.25, 0.3) is 0 Å². The zero-order valence-electron chi connectivity index (χ0n) is 20.7. The van der Waals surface area contributed by atoms with Crippen LogP contribution in [0.3, 0.4) is 0 Å². The summed E-state index contributed by atoms with van der Waals surface area (Å²) in [5.74, 6) is -4.04. The Labute approximate surface area is 218 Å². The fraction of sp³-hybridized carbons (Fsp3) is 0.522. The number of primary amides is 1. The number of phenols is 1. The quantitative estimate of drug-likeness (QED) is 0.117. The van der Waals surface area contributed by atoms with Gasteiger partial charge in [-0.05, 0) is 49.5 Å². The van der Waals surface area contributed by atoms with E-state index >= 15 is 0 Å². The van der Waals surface area contributed by atoms with Crippen molar-refractivity contribution >= 4 is 41.4 Å². The van der Waals surface area contributed by atoms with Gasteiger partial charge in [-0.25, -0.2) is 4.79 Å². The van der Waals surface area contributed by atoms with E-state index in [1.165, 1.54) is 43.0 Å². The largest absolute Gasteiger partial charge is 0.508 e. The number of carbonyl (C=O) groups is 5. The van der Waals surface area contributed by atoms with E-state index in [9.17, 15) is 39.3 Å². The molecule has 4 amide bonds. The molecule has 10 N–H and O–H groups in total. The molecule has 13 nitrogen and oxygen atoms in total. The molecule has 0 aliphatic carbocycles. The normalized spacial score (nSPS) is 14.9. The molecule has 0 bridgehead atoms. The van der Waals surface area contributed by atoms with E-state index in [4.69, 9.17) is 11.5 Å². The lowest BCUT2D eigenvalue weighted by Crippen LogP contribution is -2.60. The van der Waals surface area contributed by atoms with Crippen LogP contribution in [0.15, 0.2) is 24.3 Å². The van der Waals surface area contributed by atoms with E-state index in [1.54, 1.807) is 0 Å². The van der Waals surface area contributed by atoms with Crippen LogP contribution in [-0.2, 0) is 30.4 Å². The summed E-state index contributed by atoms with van der Waals surface area (Å²) in [5.41, 5.74) is 11.5. The zero-order valence-corrected chi connectivity index (χ0v) is 21.5. The van der Waals surface area contributed by atoms with Crippen molar-refractivity contribution in [3.8, 4) is 5.75 Å². The predicted molar refractivity (Wildman–Crippen MR) is 136 cm³/mol. The van der Waals surface area contributed by atoms with Gasteiger partial charge in [-0.2, -0.15) is 11.8 Å². The first-order chi connectivity index (χ1) is 17.3. The van der Waals surface area contributed by atoms with E-state index in [0.29, 0.717) is 17.7 Å². The molecule has 0 aliphatic rings. The number of amides is 4. The third kappa shape index (κ3) is 11.5. The predicted octanol–water partition coefficient (Wildman–Crippen LogP) is -1.80. The highest BCUT2D eigenvalue weighted by Gasteiger charge is 2.32. The Morgan fingerprint density at radius 3 is 2.05 bits per heavy atom. The molecule has 1 aromatic carbocycles. The maximum absolute atomic E-state index is 12.9. The van der Waals surface area contributed by atoms with Crippen LogP contribution in [0.5, 0.6) is 5.75 Å². The second-order valence-electron chi connectivity index (χ2n) is 8.45. The summed E-state index contributed by atoms with van der Waals surface area (Å²) in [6, 6.07) is 0.521. The van der Waals surface area contributed by atoms with Crippen molar-refractivity contribution in [3.63, 3.8) is 0 Å². The number of aliphatic hydroxyl groups excluding tert-OH is 1. The maximum atomic E-state index is 12.9. The molecule has 0 saturated carbocycles. The number of aromatic hydroxyl groups is 1. The first-order valence-electron chi connectivity index (χ1n) is 11.5. The van der Waals surface area contributed by atoms with Gasteiger partial charge in [0.1, 0.15) is 23.9 Å². The van der Waals surface area contributed by atoms with E-state index in [1.807, 2.05) is 6.26 Å². The SMILES string of the molecule is CSCCC(N)C(=O)NC(C(=O)NC(CCC(N)=O)C(=O)NC(Cc1ccc(O)cc1)C(=O)O)C(C)O. The van der Waals surface area contributed by atoms with Crippen LogP contribution in [0.2, 0.25) is 0 Å². The Morgan fingerprint density at radius 1 is 0.946 bits per heavy atom. The molecule has 206 valence electrons. The lowest BCUT2D eigenvalue weighted by Gasteiger charge is -2.26. The van der Waals surface area contributed by atoms with Crippen molar-refractivity contribution in [1.29, 1.82) is 0 Å².